The van der Waals surface area contributed by atoms with E-state index in [1.807, 2.05) is 22.9 Å². The summed E-state index contributed by atoms with van der Waals surface area (Å²) in [5, 5.41) is 8.43. The molecule has 1 aliphatic carbocycles. The van der Waals surface area contributed by atoms with Crippen molar-refractivity contribution in [2.24, 2.45) is 0 Å². The van der Waals surface area contributed by atoms with Crippen LogP contribution in [0.2, 0.25) is 0 Å². The van der Waals surface area contributed by atoms with E-state index in [2.05, 4.69) is 16.5 Å². The molecule has 28 heavy (non-hydrogen) atoms. The van der Waals surface area contributed by atoms with Gasteiger partial charge in [-0.2, -0.15) is 5.10 Å². The Morgan fingerprint density at radius 1 is 1.14 bits per heavy atom. The molecule has 3 aromatic rings. The molecule has 144 valence electrons. The van der Waals surface area contributed by atoms with E-state index in [1.165, 1.54) is 30.5 Å². The Balaban J connectivity index is 1.44. The standard InChI is InChI=1S/C23H24FN3O/c24-21-10-6-18(7-11-21)16-27-22-14-19(8-9-20(22)15-26-27)23(28)25-13-12-17-4-2-1-3-5-17/h4,6-11,14-15H,1-3,5,12-13,16H2,(H,25,28). The van der Waals surface area contributed by atoms with Gasteiger partial charge in [-0.3, -0.25) is 9.48 Å². The number of amides is 1. The fraction of sp³-hybridized carbons (Fsp3) is 0.304. The highest BCUT2D eigenvalue weighted by molar-refractivity contribution is 5.97. The van der Waals surface area contributed by atoms with E-state index in [0.717, 1.165) is 35.7 Å². The first-order chi connectivity index (χ1) is 13.7. The maximum absolute atomic E-state index is 13.1. The third kappa shape index (κ3) is 4.30. The van der Waals surface area contributed by atoms with Crippen molar-refractivity contribution in [3.8, 4) is 0 Å². The molecule has 1 heterocycles. The summed E-state index contributed by atoms with van der Waals surface area (Å²) in [7, 11) is 0. The molecule has 1 aliphatic rings. The number of halogens is 1. The summed E-state index contributed by atoms with van der Waals surface area (Å²) in [5.74, 6) is -0.315. The average molecular weight is 377 g/mol. The van der Waals surface area contributed by atoms with Gasteiger partial charge >= 0.3 is 0 Å². The van der Waals surface area contributed by atoms with Crippen molar-refractivity contribution in [3.63, 3.8) is 0 Å². The molecular weight excluding hydrogens is 353 g/mol. The summed E-state index contributed by atoms with van der Waals surface area (Å²) >= 11 is 0. The first kappa shape index (κ1) is 18.4. The molecule has 0 saturated carbocycles. The molecule has 0 spiro atoms. The van der Waals surface area contributed by atoms with Gasteiger partial charge in [0.25, 0.3) is 5.91 Å². The maximum atomic E-state index is 13.1. The van der Waals surface area contributed by atoms with Crippen LogP contribution >= 0.6 is 0 Å². The van der Waals surface area contributed by atoms with Crippen LogP contribution in [0.3, 0.4) is 0 Å². The van der Waals surface area contributed by atoms with E-state index in [4.69, 9.17) is 0 Å². The molecule has 4 nitrogen and oxygen atoms in total. The lowest BCUT2D eigenvalue weighted by Crippen LogP contribution is -2.24. The fourth-order valence-corrected chi connectivity index (χ4v) is 3.67. The molecule has 0 bridgehead atoms. The number of hydrogen-bond donors (Lipinski definition) is 1. The number of hydrogen-bond acceptors (Lipinski definition) is 2. The van der Waals surface area contributed by atoms with Crippen LogP contribution in [0.25, 0.3) is 10.9 Å². The Kier molecular flexibility index (Phi) is 5.51. The van der Waals surface area contributed by atoms with Crippen molar-refractivity contribution in [1.29, 1.82) is 0 Å². The number of aromatic nitrogens is 2. The smallest absolute Gasteiger partial charge is 0.251 e. The third-order valence-electron chi connectivity index (χ3n) is 5.27. The highest BCUT2D eigenvalue weighted by Gasteiger charge is 2.10. The molecule has 0 atom stereocenters. The number of carbonyl (C=O) groups excluding carboxylic acids is 1. The van der Waals surface area contributed by atoms with Gasteiger partial charge < -0.3 is 5.32 Å². The van der Waals surface area contributed by atoms with Crippen molar-refractivity contribution in [1.82, 2.24) is 15.1 Å². The lowest BCUT2D eigenvalue weighted by Gasteiger charge is -2.13. The zero-order valence-electron chi connectivity index (χ0n) is 15.8. The number of allylic oxidation sites excluding steroid dienone is 1. The van der Waals surface area contributed by atoms with E-state index in [-0.39, 0.29) is 11.7 Å². The molecule has 2 aromatic carbocycles. The second kappa shape index (κ2) is 8.38. The largest absolute Gasteiger partial charge is 0.352 e. The van der Waals surface area contributed by atoms with Crippen molar-refractivity contribution in [2.45, 2.75) is 38.6 Å². The summed E-state index contributed by atoms with van der Waals surface area (Å²) in [6.45, 7) is 1.19. The Morgan fingerprint density at radius 2 is 2.00 bits per heavy atom. The van der Waals surface area contributed by atoms with Crippen molar-refractivity contribution in [2.75, 3.05) is 6.54 Å². The number of rotatable bonds is 6. The molecule has 5 heteroatoms. The molecule has 0 unspecified atom stereocenters. The zero-order valence-corrected chi connectivity index (χ0v) is 15.8. The van der Waals surface area contributed by atoms with Crippen LogP contribution in [0.1, 0.15) is 48.0 Å². The van der Waals surface area contributed by atoms with E-state index in [0.29, 0.717) is 18.7 Å². The number of carbonyl (C=O) groups is 1. The highest BCUT2D eigenvalue weighted by atomic mass is 19.1. The van der Waals surface area contributed by atoms with Crippen LogP contribution in [0.15, 0.2) is 60.3 Å². The first-order valence-corrected chi connectivity index (χ1v) is 9.85. The van der Waals surface area contributed by atoms with Crippen LogP contribution in [0.5, 0.6) is 0 Å². The lowest BCUT2D eigenvalue weighted by molar-refractivity contribution is 0.0954. The van der Waals surface area contributed by atoms with Gasteiger partial charge in [-0.25, -0.2) is 4.39 Å². The Labute approximate surface area is 164 Å². The maximum Gasteiger partial charge on any atom is 0.251 e. The van der Waals surface area contributed by atoms with Crippen LogP contribution in [-0.2, 0) is 6.54 Å². The highest BCUT2D eigenvalue weighted by Crippen LogP contribution is 2.20. The number of nitrogens with one attached hydrogen (secondary N) is 1. The Morgan fingerprint density at radius 3 is 2.79 bits per heavy atom. The van der Waals surface area contributed by atoms with Crippen LogP contribution < -0.4 is 5.32 Å². The normalized spacial score (nSPS) is 14.1. The second-order valence-electron chi connectivity index (χ2n) is 7.32. The predicted octanol–water partition coefficient (Wildman–Crippen LogP) is 4.84. The quantitative estimate of drug-likeness (QED) is 0.625. The summed E-state index contributed by atoms with van der Waals surface area (Å²) in [4.78, 5) is 12.6. The summed E-state index contributed by atoms with van der Waals surface area (Å²) in [6.07, 6.45) is 9.89. The van der Waals surface area contributed by atoms with Crippen molar-refractivity contribution >= 4 is 16.8 Å². The van der Waals surface area contributed by atoms with Crippen LogP contribution in [0, 0.1) is 5.82 Å². The third-order valence-corrected chi connectivity index (χ3v) is 5.27. The molecule has 1 amide bonds. The van der Waals surface area contributed by atoms with Gasteiger partial charge in [-0.15, -0.1) is 0 Å². The summed E-state index contributed by atoms with van der Waals surface area (Å²) in [5.41, 5.74) is 3.94. The van der Waals surface area contributed by atoms with Gasteiger partial charge in [-0.05, 0) is 61.9 Å². The average Bonchev–Trinajstić information content (AvgIpc) is 3.12. The minimum Gasteiger partial charge on any atom is -0.352 e. The molecule has 0 saturated heterocycles. The topological polar surface area (TPSA) is 46.9 Å². The molecule has 4 rings (SSSR count). The van der Waals surface area contributed by atoms with Gasteiger partial charge in [0.05, 0.1) is 18.3 Å². The zero-order chi connectivity index (χ0) is 19.3. The lowest BCUT2D eigenvalue weighted by atomic mass is 9.97. The summed E-state index contributed by atoms with van der Waals surface area (Å²) < 4.78 is 14.9. The Bertz CT molecular complexity index is 1000. The SMILES string of the molecule is O=C(NCCC1=CCCCC1)c1ccc2cnn(Cc3ccc(F)cc3)c2c1. The van der Waals surface area contributed by atoms with Crippen molar-refractivity contribution < 1.29 is 9.18 Å². The minimum absolute atomic E-state index is 0.0622. The van der Waals surface area contributed by atoms with Gasteiger partial charge in [0.15, 0.2) is 0 Å². The van der Waals surface area contributed by atoms with E-state index >= 15 is 0 Å². The van der Waals surface area contributed by atoms with E-state index in [1.54, 1.807) is 18.3 Å². The van der Waals surface area contributed by atoms with Crippen LogP contribution in [-0.4, -0.2) is 22.2 Å². The monoisotopic (exact) mass is 377 g/mol. The number of benzene rings is 2. The fourth-order valence-electron chi connectivity index (χ4n) is 3.67. The number of fused-ring (bicyclic) bond motifs is 1. The van der Waals surface area contributed by atoms with E-state index in [9.17, 15) is 9.18 Å². The second-order valence-corrected chi connectivity index (χ2v) is 7.32. The Hall–Kier alpha value is -2.95. The molecule has 0 radical (unpaired) electrons. The summed E-state index contributed by atoms with van der Waals surface area (Å²) in [6, 6.07) is 12.0. The molecule has 1 N–H and O–H groups in total. The van der Waals surface area contributed by atoms with Gasteiger partial charge in [0.1, 0.15) is 5.82 Å². The predicted molar refractivity (Wildman–Crippen MR) is 109 cm³/mol. The molecular formula is C23H24FN3O. The van der Waals surface area contributed by atoms with Gasteiger partial charge in [-0.1, -0.05) is 29.8 Å². The number of nitrogens with zero attached hydrogens (tertiary/aromatic N) is 2. The molecule has 0 aliphatic heterocycles. The van der Waals surface area contributed by atoms with Gasteiger partial charge in [0.2, 0.25) is 0 Å². The molecule has 1 aromatic heterocycles. The van der Waals surface area contributed by atoms with Crippen LogP contribution in [0.4, 0.5) is 4.39 Å². The van der Waals surface area contributed by atoms with E-state index < -0.39 is 0 Å². The van der Waals surface area contributed by atoms with Gasteiger partial charge in [0, 0.05) is 17.5 Å². The first-order valence-electron chi connectivity index (χ1n) is 9.85. The minimum atomic E-state index is -0.253. The molecule has 0 fully saturated rings. The van der Waals surface area contributed by atoms with Crippen molar-refractivity contribution in [3.05, 3.63) is 77.3 Å².